The van der Waals surface area contributed by atoms with Gasteiger partial charge in [0, 0.05) is 12.4 Å². The third-order valence-corrected chi connectivity index (χ3v) is 2.45. The van der Waals surface area contributed by atoms with Gasteiger partial charge in [-0.15, -0.1) is 0 Å². The number of hydrogen-bond acceptors (Lipinski definition) is 3. The summed E-state index contributed by atoms with van der Waals surface area (Å²) in [5.41, 5.74) is -1.43. The maximum Gasteiger partial charge on any atom is 0.251 e. The van der Waals surface area contributed by atoms with Gasteiger partial charge in [-0.05, 0) is 12.8 Å². The maximum atomic E-state index is 12.5. The van der Waals surface area contributed by atoms with E-state index < -0.39 is 17.6 Å². The number of rotatable bonds is 3. The van der Waals surface area contributed by atoms with Crippen LogP contribution in [-0.4, -0.2) is 22.2 Å². The molecule has 1 fully saturated rings. The number of halogens is 2. The monoisotopic (exact) mass is 198 g/mol. The zero-order valence-electron chi connectivity index (χ0n) is 7.28. The number of carbonyl (C=O) groups is 1. The second kappa shape index (κ2) is 3.08. The summed E-state index contributed by atoms with van der Waals surface area (Å²) in [6.45, 7) is 0. The summed E-state index contributed by atoms with van der Waals surface area (Å²) in [5, 5.41) is 0. The predicted octanol–water partition coefficient (Wildman–Crippen LogP) is 1.70. The Labute approximate surface area is 79.2 Å². The van der Waals surface area contributed by atoms with E-state index in [-0.39, 0.29) is 18.5 Å². The van der Waals surface area contributed by atoms with E-state index >= 15 is 0 Å². The van der Waals surface area contributed by atoms with Crippen LogP contribution in [0.15, 0.2) is 18.6 Å². The quantitative estimate of drug-likeness (QED) is 0.694. The fourth-order valence-electron chi connectivity index (χ4n) is 1.35. The average molecular weight is 198 g/mol. The van der Waals surface area contributed by atoms with Crippen LogP contribution < -0.4 is 0 Å². The van der Waals surface area contributed by atoms with E-state index in [0.29, 0.717) is 0 Å². The largest absolute Gasteiger partial charge is 0.292 e. The molecule has 0 bridgehead atoms. The predicted molar refractivity (Wildman–Crippen MR) is 44.0 cm³/mol. The summed E-state index contributed by atoms with van der Waals surface area (Å²) in [6.07, 6.45) is 1.86. The molecule has 0 atom stereocenters. The maximum absolute atomic E-state index is 12.5. The molecule has 1 aliphatic carbocycles. The third-order valence-electron chi connectivity index (χ3n) is 2.45. The van der Waals surface area contributed by atoms with Crippen LogP contribution >= 0.6 is 0 Å². The highest BCUT2D eigenvalue weighted by molar-refractivity contribution is 6.00. The van der Waals surface area contributed by atoms with Crippen LogP contribution in [0.1, 0.15) is 23.3 Å². The SMILES string of the molecule is O=C(c1cnccn1)C1(C(F)F)CC1. The minimum absolute atomic E-state index is 0.0327. The Balaban J connectivity index is 2.26. The lowest BCUT2D eigenvalue weighted by Gasteiger charge is -2.10. The number of hydrogen-bond donors (Lipinski definition) is 0. The molecular weight excluding hydrogens is 190 g/mol. The van der Waals surface area contributed by atoms with Gasteiger partial charge in [0.2, 0.25) is 0 Å². The van der Waals surface area contributed by atoms with Gasteiger partial charge in [-0.25, -0.2) is 13.8 Å². The zero-order chi connectivity index (χ0) is 10.2. The van der Waals surface area contributed by atoms with Crippen molar-refractivity contribution >= 4 is 5.78 Å². The fourth-order valence-corrected chi connectivity index (χ4v) is 1.35. The van der Waals surface area contributed by atoms with Gasteiger partial charge >= 0.3 is 0 Å². The van der Waals surface area contributed by atoms with Gasteiger partial charge < -0.3 is 0 Å². The number of alkyl halides is 2. The van der Waals surface area contributed by atoms with Crippen LogP contribution in [0.5, 0.6) is 0 Å². The Kier molecular flexibility index (Phi) is 2.02. The lowest BCUT2D eigenvalue weighted by Crippen LogP contribution is -2.24. The molecule has 1 aromatic heterocycles. The fraction of sp³-hybridized carbons (Fsp3) is 0.444. The number of carbonyl (C=O) groups excluding carboxylic acids is 1. The minimum atomic E-state index is -2.60. The molecule has 1 heterocycles. The van der Waals surface area contributed by atoms with Crippen LogP contribution in [0, 0.1) is 5.41 Å². The molecule has 3 nitrogen and oxygen atoms in total. The number of aromatic nitrogens is 2. The van der Waals surface area contributed by atoms with Crippen LogP contribution in [0.4, 0.5) is 8.78 Å². The molecule has 5 heteroatoms. The molecular formula is C9H8F2N2O. The molecule has 1 saturated carbocycles. The molecule has 74 valence electrons. The van der Waals surface area contributed by atoms with Crippen molar-refractivity contribution in [1.82, 2.24) is 9.97 Å². The van der Waals surface area contributed by atoms with E-state index in [0.717, 1.165) is 0 Å². The van der Waals surface area contributed by atoms with Gasteiger partial charge in [-0.3, -0.25) is 9.78 Å². The van der Waals surface area contributed by atoms with E-state index in [4.69, 9.17) is 0 Å². The zero-order valence-corrected chi connectivity index (χ0v) is 7.28. The Hall–Kier alpha value is -1.39. The van der Waals surface area contributed by atoms with E-state index in [9.17, 15) is 13.6 Å². The van der Waals surface area contributed by atoms with Crippen molar-refractivity contribution < 1.29 is 13.6 Å². The summed E-state index contributed by atoms with van der Waals surface area (Å²) in [7, 11) is 0. The van der Waals surface area contributed by atoms with Crippen molar-refractivity contribution in [2.75, 3.05) is 0 Å². The third kappa shape index (κ3) is 1.29. The van der Waals surface area contributed by atoms with Crippen molar-refractivity contribution in [1.29, 1.82) is 0 Å². The molecule has 0 amide bonds. The Bertz CT molecular complexity index is 349. The second-order valence-electron chi connectivity index (χ2n) is 3.38. The first-order valence-electron chi connectivity index (χ1n) is 4.26. The Morgan fingerprint density at radius 1 is 1.43 bits per heavy atom. The van der Waals surface area contributed by atoms with Crippen LogP contribution in [0.3, 0.4) is 0 Å². The van der Waals surface area contributed by atoms with Crippen molar-refractivity contribution in [2.45, 2.75) is 19.3 Å². The molecule has 2 rings (SSSR count). The molecule has 14 heavy (non-hydrogen) atoms. The molecule has 1 aliphatic rings. The smallest absolute Gasteiger partial charge is 0.251 e. The topological polar surface area (TPSA) is 42.9 Å². The number of Topliss-reactive ketones (excluding diaryl/α,β-unsaturated/α-hetero) is 1. The molecule has 0 N–H and O–H groups in total. The van der Waals surface area contributed by atoms with Gasteiger partial charge in [0.15, 0.2) is 5.78 Å². The molecule has 0 radical (unpaired) electrons. The lowest BCUT2D eigenvalue weighted by atomic mass is 9.99. The normalized spacial score (nSPS) is 18.2. The van der Waals surface area contributed by atoms with Crippen molar-refractivity contribution in [3.05, 3.63) is 24.3 Å². The highest BCUT2D eigenvalue weighted by atomic mass is 19.3. The van der Waals surface area contributed by atoms with E-state index in [1.54, 1.807) is 0 Å². The number of nitrogens with zero attached hydrogens (tertiary/aromatic N) is 2. The van der Waals surface area contributed by atoms with Gasteiger partial charge in [-0.1, -0.05) is 0 Å². The van der Waals surface area contributed by atoms with E-state index in [1.807, 2.05) is 0 Å². The molecule has 0 saturated heterocycles. The lowest BCUT2D eigenvalue weighted by molar-refractivity contribution is 0.0467. The van der Waals surface area contributed by atoms with Gasteiger partial charge in [-0.2, -0.15) is 0 Å². The molecule has 0 unspecified atom stereocenters. The molecule has 1 aromatic rings. The summed E-state index contributed by atoms with van der Waals surface area (Å²) in [5.74, 6) is -0.583. The standard InChI is InChI=1S/C9H8F2N2O/c10-8(11)9(1-2-9)7(14)6-5-12-3-4-13-6/h3-5,8H,1-2H2. The first-order chi connectivity index (χ1) is 6.67. The summed E-state index contributed by atoms with van der Waals surface area (Å²) < 4.78 is 25.1. The first kappa shape index (κ1) is 9.18. The second-order valence-corrected chi connectivity index (χ2v) is 3.38. The van der Waals surface area contributed by atoms with Gasteiger partial charge in [0.1, 0.15) is 5.69 Å². The first-order valence-corrected chi connectivity index (χ1v) is 4.26. The van der Waals surface area contributed by atoms with Crippen LogP contribution in [-0.2, 0) is 0 Å². The molecule has 0 spiro atoms. The Morgan fingerprint density at radius 2 is 2.14 bits per heavy atom. The van der Waals surface area contributed by atoms with E-state index in [1.165, 1.54) is 18.6 Å². The van der Waals surface area contributed by atoms with Crippen molar-refractivity contribution in [2.24, 2.45) is 5.41 Å². The summed E-state index contributed by atoms with van der Waals surface area (Å²) in [6, 6.07) is 0. The van der Waals surface area contributed by atoms with Crippen molar-refractivity contribution in [3.63, 3.8) is 0 Å². The number of ketones is 1. The Morgan fingerprint density at radius 3 is 2.57 bits per heavy atom. The minimum Gasteiger partial charge on any atom is -0.292 e. The van der Waals surface area contributed by atoms with Crippen molar-refractivity contribution in [3.8, 4) is 0 Å². The summed E-state index contributed by atoms with van der Waals surface area (Å²) in [4.78, 5) is 19.0. The highest BCUT2D eigenvalue weighted by Crippen LogP contribution is 2.52. The van der Waals surface area contributed by atoms with E-state index in [2.05, 4.69) is 9.97 Å². The molecule has 0 aromatic carbocycles. The van der Waals surface area contributed by atoms with Gasteiger partial charge in [0.25, 0.3) is 6.43 Å². The summed E-state index contributed by atoms with van der Waals surface area (Å²) >= 11 is 0. The molecule has 0 aliphatic heterocycles. The van der Waals surface area contributed by atoms with Crippen LogP contribution in [0.25, 0.3) is 0 Å². The van der Waals surface area contributed by atoms with Gasteiger partial charge in [0.05, 0.1) is 11.6 Å². The van der Waals surface area contributed by atoms with Crippen LogP contribution in [0.2, 0.25) is 0 Å². The average Bonchev–Trinajstić information content (AvgIpc) is 2.99. The highest BCUT2D eigenvalue weighted by Gasteiger charge is 2.57.